The largest absolute Gasteiger partial charge is 0.492 e. The second kappa shape index (κ2) is 8.66. The molecular weight excluding hydrogens is 388 g/mol. The maximum atomic E-state index is 15.8. The highest BCUT2D eigenvalue weighted by atomic mass is 19.1. The molecule has 0 aromatic heterocycles. The lowest BCUT2D eigenvalue weighted by Crippen LogP contribution is -2.55. The molecule has 0 saturated carbocycles. The van der Waals surface area contributed by atoms with Crippen LogP contribution in [-0.4, -0.2) is 62.2 Å². The van der Waals surface area contributed by atoms with Gasteiger partial charge in [0.25, 0.3) is 5.84 Å². The Bertz CT molecular complexity index is 923. The number of nitrogens with zero attached hydrogens (tertiary/aromatic N) is 2. The molecule has 0 radical (unpaired) electrons. The number of benzene rings is 1. The third kappa shape index (κ3) is 3.77. The van der Waals surface area contributed by atoms with Gasteiger partial charge in [0.05, 0.1) is 12.2 Å². The highest BCUT2D eigenvalue weighted by Crippen LogP contribution is 2.41. The SMILES string of the molecule is CCNC1=[N+]=C(Nc2cc3c(c(C4=CCNCCC4)c2F)OCC3)N(C)C(C)C1F. The highest BCUT2D eigenvalue weighted by molar-refractivity contribution is 6.01. The van der Waals surface area contributed by atoms with E-state index in [9.17, 15) is 4.39 Å². The van der Waals surface area contributed by atoms with Crippen molar-refractivity contribution in [3.63, 3.8) is 0 Å². The zero-order valence-electron chi connectivity index (χ0n) is 17.8. The van der Waals surface area contributed by atoms with Crippen molar-refractivity contribution in [3.05, 3.63) is 29.1 Å². The Morgan fingerprint density at radius 3 is 3.00 bits per heavy atom. The number of allylic oxidation sites excluding steroid dienone is 1. The summed E-state index contributed by atoms with van der Waals surface area (Å²) >= 11 is 0. The van der Waals surface area contributed by atoms with Gasteiger partial charge >= 0.3 is 5.96 Å². The maximum Gasteiger partial charge on any atom is 0.402 e. The Hall–Kier alpha value is -2.57. The Morgan fingerprint density at radius 1 is 1.37 bits per heavy atom. The van der Waals surface area contributed by atoms with E-state index in [0.717, 1.165) is 36.9 Å². The van der Waals surface area contributed by atoms with E-state index in [4.69, 9.17) is 4.74 Å². The van der Waals surface area contributed by atoms with Crippen molar-refractivity contribution in [3.8, 4) is 5.75 Å². The third-order valence-corrected chi connectivity index (χ3v) is 5.99. The molecule has 0 amide bonds. The van der Waals surface area contributed by atoms with E-state index in [-0.39, 0.29) is 11.7 Å². The summed E-state index contributed by atoms with van der Waals surface area (Å²) < 4.78 is 40.6. The molecule has 4 rings (SSSR count). The van der Waals surface area contributed by atoms with Crippen LogP contribution in [0.3, 0.4) is 0 Å². The topological polar surface area (TPSA) is 62.7 Å². The normalized spacial score (nSPS) is 23.6. The lowest BCUT2D eigenvalue weighted by atomic mass is 9.96. The van der Waals surface area contributed by atoms with Gasteiger partial charge in [0.1, 0.15) is 17.5 Å². The zero-order chi connectivity index (χ0) is 21.3. The van der Waals surface area contributed by atoms with Crippen LogP contribution in [0.4, 0.5) is 14.5 Å². The second-order valence-electron chi connectivity index (χ2n) is 7.97. The molecule has 0 fully saturated rings. The number of hydrogen-bond donors (Lipinski definition) is 3. The average Bonchev–Trinajstić information content (AvgIpc) is 3.03. The monoisotopic (exact) mass is 418 g/mol. The number of halogens is 2. The minimum atomic E-state index is -1.22. The van der Waals surface area contributed by atoms with E-state index in [1.54, 1.807) is 24.9 Å². The molecule has 1 aromatic rings. The number of hydrogen-bond acceptors (Lipinski definition) is 5. The van der Waals surface area contributed by atoms with Crippen molar-refractivity contribution in [2.45, 2.75) is 45.3 Å². The summed E-state index contributed by atoms with van der Waals surface area (Å²) in [4.78, 5) is 1.71. The first-order valence-corrected chi connectivity index (χ1v) is 10.7. The quantitative estimate of drug-likeness (QED) is 0.656. The van der Waals surface area contributed by atoms with Crippen LogP contribution in [0.2, 0.25) is 0 Å². The van der Waals surface area contributed by atoms with Crippen LogP contribution < -0.4 is 25.4 Å². The number of guanidine groups is 1. The molecule has 3 heterocycles. The fourth-order valence-electron chi connectivity index (χ4n) is 4.15. The van der Waals surface area contributed by atoms with Gasteiger partial charge < -0.3 is 15.4 Å². The van der Waals surface area contributed by atoms with E-state index in [1.165, 1.54) is 0 Å². The molecule has 162 valence electrons. The molecule has 8 heteroatoms. The predicted octanol–water partition coefficient (Wildman–Crippen LogP) is 2.04. The minimum absolute atomic E-state index is 0.272. The number of alkyl halides is 1. The first-order chi connectivity index (χ1) is 14.5. The van der Waals surface area contributed by atoms with E-state index < -0.39 is 12.2 Å². The van der Waals surface area contributed by atoms with Crippen LogP contribution in [0.15, 0.2) is 12.1 Å². The van der Waals surface area contributed by atoms with E-state index in [2.05, 4.69) is 20.6 Å². The Labute approximate surface area is 176 Å². The van der Waals surface area contributed by atoms with Crippen molar-refractivity contribution in [2.75, 3.05) is 38.6 Å². The fourth-order valence-corrected chi connectivity index (χ4v) is 4.15. The van der Waals surface area contributed by atoms with Gasteiger partial charge in [-0.05, 0) is 44.9 Å². The Kier molecular flexibility index (Phi) is 5.97. The van der Waals surface area contributed by atoms with Crippen molar-refractivity contribution >= 4 is 23.1 Å². The van der Waals surface area contributed by atoms with Gasteiger partial charge in [-0.3, -0.25) is 4.90 Å². The summed E-state index contributed by atoms with van der Waals surface area (Å²) in [6.07, 6.45) is 3.31. The van der Waals surface area contributed by atoms with Crippen LogP contribution in [-0.2, 0) is 6.42 Å². The lowest BCUT2D eigenvalue weighted by Gasteiger charge is -2.27. The van der Waals surface area contributed by atoms with Crippen molar-refractivity contribution in [1.82, 2.24) is 20.2 Å². The Morgan fingerprint density at radius 2 is 2.20 bits per heavy atom. The molecule has 0 saturated heterocycles. The summed E-state index contributed by atoms with van der Waals surface area (Å²) in [5, 5.41) is 9.44. The second-order valence-corrected chi connectivity index (χ2v) is 7.97. The first-order valence-electron chi connectivity index (χ1n) is 10.7. The summed E-state index contributed by atoms with van der Waals surface area (Å²) in [5.41, 5.74) is 2.84. The molecule has 6 nitrogen and oxygen atoms in total. The summed E-state index contributed by atoms with van der Waals surface area (Å²) in [6.45, 7) is 6.44. The van der Waals surface area contributed by atoms with Gasteiger partial charge in [-0.1, -0.05) is 6.08 Å². The molecule has 3 N–H and O–H groups in total. The van der Waals surface area contributed by atoms with Crippen LogP contribution in [0.5, 0.6) is 5.75 Å². The van der Waals surface area contributed by atoms with E-state index in [1.807, 2.05) is 13.0 Å². The molecular formula is C22H30F2N5O+. The van der Waals surface area contributed by atoms with Crippen LogP contribution in [0, 0.1) is 5.82 Å². The number of anilines is 1. The molecule has 2 unspecified atom stereocenters. The zero-order valence-corrected chi connectivity index (χ0v) is 17.8. The van der Waals surface area contributed by atoms with Crippen LogP contribution in [0.25, 0.3) is 5.57 Å². The number of fused-ring (bicyclic) bond motifs is 1. The molecule has 3 aliphatic rings. The third-order valence-electron chi connectivity index (χ3n) is 5.99. The highest BCUT2D eigenvalue weighted by Gasteiger charge is 2.39. The van der Waals surface area contributed by atoms with Gasteiger partial charge in [0.15, 0.2) is 5.82 Å². The number of rotatable bonds is 3. The number of ether oxygens (including phenoxy) is 1. The van der Waals surface area contributed by atoms with E-state index in [0.29, 0.717) is 42.7 Å². The summed E-state index contributed by atoms with van der Waals surface area (Å²) in [5.74, 6) is 1.00. The summed E-state index contributed by atoms with van der Waals surface area (Å²) in [7, 11) is 1.76. The van der Waals surface area contributed by atoms with Gasteiger partial charge in [0.2, 0.25) is 6.17 Å². The minimum Gasteiger partial charge on any atom is -0.492 e. The molecule has 30 heavy (non-hydrogen) atoms. The molecule has 3 aliphatic heterocycles. The van der Waals surface area contributed by atoms with Gasteiger partial charge in [-0.15, -0.1) is 0 Å². The van der Waals surface area contributed by atoms with E-state index >= 15 is 4.39 Å². The van der Waals surface area contributed by atoms with Gasteiger partial charge in [0, 0.05) is 32.1 Å². The summed E-state index contributed by atoms with van der Waals surface area (Å²) in [6, 6.07) is 1.38. The molecule has 1 aromatic carbocycles. The number of nitrogens with one attached hydrogen (secondary N) is 3. The maximum absolute atomic E-state index is 15.8. The smallest absolute Gasteiger partial charge is 0.402 e. The van der Waals surface area contributed by atoms with Crippen LogP contribution in [0.1, 0.15) is 37.8 Å². The molecule has 0 bridgehead atoms. The average molecular weight is 419 g/mol. The number of amidine groups is 1. The van der Waals surface area contributed by atoms with Crippen molar-refractivity contribution in [2.24, 2.45) is 0 Å². The molecule has 2 atom stereocenters. The van der Waals surface area contributed by atoms with Gasteiger partial charge in [-0.2, -0.15) is 0 Å². The molecule has 0 spiro atoms. The Balaban J connectivity index is 1.77. The molecule has 0 aliphatic carbocycles. The standard InChI is InChI=1S/C22H29F2N5O/c1-4-26-21-18(23)13(2)29(3)22(28-21)27-16-12-15-8-11-30-20(15)17(19(16)24)14-6-5-9-25-10-7-14/h7,12-13,18,25H,4-6,8-11H2,1-3H3,(H,26,27,28)/p+1. The first kappa shape index (κ1) is 20.7. The fraction of sp³-hybridized carbons (Fsp3) is 0.545. The lowest BCUT2D eigenvalue weighted by molar-refractivity contribution is 0.249. The van der Waals surface area contributed by atoms with Crippen molar-refractivity contribution < 1.29 is 13.5 Å². The predicted molar refractivity (Wildman–Crippen MR) is 117 cm³/mol. The van der Waals surface area contributed by atoms with Gasteiger partial charge in [-0.25, -0.2) is 18.8 Å². The van der Waals surface area contributed by atoms with Crippen molar-refractivity contribution in [1.29, 1.82) is 0 Å². The van der Waals surface area contributed by atoms with Crippen LogP contribution >= 0.6 is 0 Å².